The summed E-state index contributed by atoms with van der Waals surface area (Å²) in [5.41, 5.74) is 4.09. The van der Waals surface area contributed by atoms with Gasteiger partial charge in [0, 0.05) is 0 Å². The van der Waals surface area contributed by atoms with Crippen molar-refractivity contribution in [3.05, 3.63) is 23.3 Å². The van der Waals surface area contributed by atoms with Crippen molar-refractivity contribution in [1.82, 2.24) is 0 Å². The SMILES string of the molecule is C/C(=N\O)C1=CC[C@@H]2[C@H]3CC=C4C[C@H](O)CC[C@@]4(C)[C@H]3CC[C@@]12C. The smallest absolute Gasteiger partial charge is 0.0799 e. The van der Waals surface area contributed by atoms with E-state index in [0.717, 1.165) is 43.2 Å². The Bertz CT molecular complexity index is 634. The minimum atomic E-state index is -0.127. The molecule has 0 radical (unpaired) electrons. The third-order valence-electron chi connectivity index (χ3n) is 8.20. The van der Waals surface area contributed by atoms with Gasteiger partial charge in [-0.1, -0.05) is 36.7 Å². The predicted molar refractivity (Wildman–Crippen MR) is 96.1 cm³/mol. The number of hydrogen-bond donors (Lipinski definition) is 2. The fourth-order valence-corrected chi connectivity index (χ4v) is 6.82. The molecule has 3 heteroatoms. The van der Waals surface area contributed by atoms with E-state index in [1.54, 1.807) is 0 Å². The molecule has 0 aromatic carbocycles. The maximum Gasteiger partial charge on any atom is 0.0799 e. The summed E-state index contributed by atoms with van der Waals surface area (Å²) in [4.78, 5) is 0. The lowest BCUT2D eigenvalue weighted by atomic mass is 9.47. The molecule has 24 heavy (non-hydrogen) atoms. The van der Waals surface area contributed by atoms with E-state index in [-0.39, 0.29) is 11.5 Å². The quantitative estimate of drug-likeness (QED) is 0.317. The topological polar surface area (TPSA) is 52.8 Å². The van der Waals surface area contributed by atoms with Crippen molar-refractivity contribution in [1.29, 1.82) is 0 Å². The molecule has 4 rings (SSSR count). The molecule has 0 heterocycles. The van der Waals surface area contributed by atoms with Gasteiger partial charge in [-0.3, -0.25) is 0 Å². The van der Waals surface area contributed by atoms with Crippen LogP contribution in [-0.2, 0) is 0 Å². The molecular weight excluding hydrogens is 298 g/mol. The number of fused-ring (bicyclic) bond motifs is 5. The van der Waals surface area contributed by atoms with Crippen LogP contribution in [0.25, 0.3) is 0 Å². The first kappa shape index (κ1) is 16.4. The van der Waals surface area contributed by atoms with E-state index < -0.39 is 0 Å². The van der Waals surface area contributed by atoms with Gasteiger partial charge in [-0.25, -0.2) is 0 Å². The summed E-state index contributed by atoms with van der Waals surface area (Å²) in [6.45, 7) is 6.80. The van der Waals surface area contributed by atoms with E-state index in [2.05, 4.69) is 31.2 Å². The summed E-state index contributed by atoms with van der Waals surface area (Å²) in [6.07, 6.45) is 12.4. The normalized spacial score (nSPS) is 48.1. The number of nitrogens with zero attached hydrogens (tertiary/aromatic N) is 1. The molecule has 0 aromatic heterocycles. The Morgan fingerprint density at radius 3 is 2.58 bits per heavy atom. The molecule has 4 aliphatic carbocycles. The van der Waals surface area contributed by atoms with E-state index in [1.807, 2.05) is 6.92 Å². The molecule has 132 valence electrons. The molecule has 2 N–H and O–H groups in total. The Morgan fingerprint density at radius 1 is 1.08 bits per heavy atom. The van der Waals surface area contributed by atoms with Gasteiger partial charge in [0.25, 0.3) is 0 Å². The van der Waals surface area contributed by atoms with Crippen LogP contribution in [0.4, 0.5) is 0 Å². The van der Waals surface area contributed by atoms with Gasteiger partial charge < -0.3 is 10.3 Å². The lowest BCUT2D eigenvalue weighted by Crippen LogP contribution is -2.50. The van der Waals surface area contributed by atoms with Gasteiger partial charge in [0.15, 0.2) is 0 Å². The van der Waals surface area contributed by atoms with Crippen molar-refractivity contribution in [2.75, 3.05) is 0 Å². The van der Waals surface area contributed by atoms with Crippen molar-refractivity contribution in [2.24, 2.45) is 33.7 Å². The van der Waals surface area contributed by atoms with Crippen LogP contribution in [0.2, 0.25) is 0 Å². The van der Waals surface area contributed by atoms with Crippen molar-refractivity contribution in [2.45, 2.75) is 71.8 Å². The van der Waals surface area contributed by atoms with Crippen LogP contribution in [0.5, 0.6) is 0 Å². The molecule has 2 saturated carbocycles. The second-order valence-electron chi connectivity index (χ2n) is 9.15. The molecule has 0 spiro atoms. The standard InChI is InChI=1S/C21H31NO2/c1-13(22-24)17-6-7-18-16-5-4-14-12-15(23)8-10-20(14,2)19(16)9-11-21(17,18)3/h4,6,15-16,18-19,23-24H,5,7-12H2,1-3H3/b22-13+/t15-,16-,18-,19+,20-,21+/m1/s1. The Balaban J connectivity index is 1.66. The molecule has 0 aliphatic heterocycles. The number of aliphatic hydroxyl groups is 1. The number of hydrogen-bond acceptors (Lipinski definition) is 3. The molecule has 0 aromatic rings. The van der Waals surface area contributed by atoms with Gasteiger partial charge in [-0.2, -0.15) is 0 Å². The first-order valence-electron chi connectivity index (χ1n) is 9.67. The summed E-state index contributed by atoms with van der Waals surface area (Å²) in [7, 11) is 0. The van der Waals surface area contributed by atoms with Gasteiger partial charge in [-0.15, -0.1) is 0 Å². The average molecular weight is 329 g/mol. The van der Waals surface area contributed by atoms with E-state index in [1.165, 1.54) is 30.4 Å². The highest BCUT2D eigenvalue weighted by Gasteiger charge is 2.56. The fraction of sp³-hybridized carbons (Fsp3) is 0.762. The first-order chi connectivity index (χ1) is 11.4. The number of oxime groups is 1. The number of allylic oxidation sites excluding steroid dienone is 3. The van der Waals surface area contributed by atoms with Crippen LogP contribution >= 0.6 is 0 Å². The van der Waals surface area contributed by atoms with Crippen LogP contribution < -0.4 is 0 Å². The Labute approximate surface area is 145 Å². The van der Waals surface area contributed by atoms with E-state index in [0.29, 0.717) is 11.3 Å². The predicted octanol–water partition coefficient (Wildman–Crippen LogP) is 4.70. The monoisotopic (exact) mass is 329 g/mol. The summed E-state index contributed by atoms with van der Waals surface area (Å²) < 4.78 is 0. The van der Waals surface area contributed by atoms with E-state index in [9.17, 15) is 10.3 Å². The zero-order valence-electron chi connectivity index (χ0n) is 15.3. The van der Waals surface area contributed by atoms with Crippen molar-refractivity contribution < 1.29 is 10.3 Å². The van der Waals surface area contributed by atoms with Crippen LogP contribution in [0, 0.1) is 28.6 Å². The Morgan fingerprint density at radius 2 is 1.83 bits per heavy atom. The minimum absolute atomic E-state index is 0.127. The molecule has 4 aliphatic rings. The van der Waals surface area contributed by atoms with Gasteiger partial charge in [-0.05, 0) is 86.0 Å². The van der Waals surface area contributed by atoms with E-state index >= 15 is 0 Å². The van der Waals surface area contributed by atoms with Crippen molar-refractivity contribution in [3.63, 3.8) is 0 Å². The number of aliphatic hydroxyl groups excluding tert-OH is 1. The van der Waals surface area contributed by atoms with Crippen LogP contribution in [0.1, 0.15) is 65.7 Å². The molecule has 3 nitrogen and oxygen atoms in total. The zero-order valence-corrected chi connectivity index (χ0v) is 15.3. The van der Waals surface area contributed by atoms with Gasteiger partial charge in [0.05, 0.1) is 11.8 Å². The summed E-state index contributed by atoms with van der Waals surface area (Å²) >= 11 is 0. The molecule has 6 atom stereocenters. The molecule has 0 saturated heterocycles. The summed E-state index contributed by atoms with van der Waals surface area (Å²) in [6, 6.07) is 0. The largest absolute Gasteiger partial charge is 0.411 e. The van der Waals surface area contributed by atoms with Gasteiger partial charge >= 0.3 is 0 Å². The number of rotatable bonds is 1. The molecule has 0 amide bonds. The molecule has 2 fully saturated rings. The lowest BCUT2D eigenvalue weighted by Gasteiger charge is -2.57. The van der Waals surface area contributed by atoms with E-state index in [4.69, 9.17) is 0 Å². The lowest BCUT2D eigenvalue weighted by molar-refractivity contribution is -0.0280. The van der Waals surface area contributed by atoms with Gasteiger partial charge in [0.1, 0.15) is 0 Å². The fourth-order valence-electron chi connectivity index (χ4n) is 6.82. The van der Waals surface area contributed by atoms with Crippen LogP contribution in [-0.4, -0.2) is 22.1 Å². The minimum Gasteiger partial charge on any atom is -0.411 e. The molecular formula is C21H31NO2. The van der Waals surface area contributed by atoms with Crippen molar-refractivity contribution >= 4 is 5.71 Å². The molecule has 0 unspecified atom stereocenters. The third-order valence-corrected chi connectivity index (χ3v) is 8.20. The maximum absolute atomic E-state index is 10.1. The highest BCUT2D eigenvalue weighted by molar-refractivity contribution is 5.99. The summed E-state index contributed by atoms with van der Waals surface area (Å²) in [5.74, 6) is 2.15. The summed E-state index contributed by atoms with van der Waals surface area (Å²) in [5, 5.41) is 22.9. The van der Waals surface area contributed by atoms with Crippen molar-refractivity contribution in [3.8, 4) is 0 Å². The van der Waals surface area contributed by atoms with Gasteiger partial charge in [0.2, 0.25) is 0 Å². The zero-order chi connectivity index (χ0) is 17.1. The molecule has 0 bridgehead atoms. The van der Waals surface area contributed by atoms with Crippen LogP contribution in [0.15, 0.2) is 28.5 Å². The third kappa shape index (κ3) is 2.09. The Hall–Kier alpha value is -1.09. The maximum atomic E-state index is 10.1. The average Bonchev–Trinajstić information content (AvgIpc) is 2.92. The second kappa shape index (κ2) is 5.45. The highest BCUT2D eigenvalue weighted by atomic mass is 16.4. The highest BCUT2D eigenvalue weighted by Crippen LogP contribution is 2.65. The second-order valence-corrected chi connectivity index (χ2v) is 9.15. The first-order valence-corrected chi connectivity index (χ1v) is 9.67. The van der Waals surface area contributed by atoms with Crippen LogP contribution in [0.3, 0.4) is 0 Å². The Kier molecular flexibility index (Phi) is 3.72.